The Morgan fingerprint density at radius 2 is 1.85 bits per heavy atom. The van der Waals surface area contributed by atoms with E-state index in [4.69, 9.17) is 0 Å². The smallest absolute Gasteiger partial charge is 0.253 e. The maximum absolute atomic E-state index is 12.7. The van der Waals surface area contributed by atoms with Gasteiger partial charge in [-0.25, -0.2) is 9.97 Å². The summed E-state index contributed by atoms with van der Waals surface area (Å²) in [6.45, 7) is 1.73. The van der Waals surface area contributed by atoms with Gasteiger partial charge < -0.3 is 14.8 Å². The topological polar surface area (TPSA) is 65.1 Å². The first-order valence-electron chi connectivity index (χ1n) is 9.56. The standard InChI is InChI=1S/C21H23N5O/c1-25(20-18-7-8-22-19(18)23-13-24-20)17-9-15-11-26(12-16(15)10-17)21(27)14-5-3-2-4-6-14/h2-8,13,15-17H,9-12H2,1H3,(H,22,23,24)/t15-,16?,17?/m0/s1. The number of benzene rings is 1. The lowest BCUT2D eigenvalue weighted by atomic mass is 10.0. The SMILES string of the molecule is CN(c1ncnc2[nH]ccc12)C1CC2CN(C(=O)c3ccccc3)C[C@@H]2C1. The molecule has 2 aromatic heterocycles. The van der Waals surface area contributed by atoms with E-state index in [2.05, 4.69) is 26.9 Å². The number of amides is 1. The van der Waals surface area contributed by atoms with Gasteiger partial charge in [0.05, 0.1) is 5.39 Å². The van der Waals surface area contributed by atoms with Crippen LogP contribution in [0.4, 0.5) is 5.82 Å². The molecular formula is C21H23N5O. The van der Waals surface area contributed by atoms with E-state index in [-0.39, 0.29) is 5.91 Å². The minimum absolute atomic E-state index is 0.166. The molecule has 3 aromatic rings. The number of fused-ring (bicyclic) bond motifs is 2. The molecule has 1 amide bonds. The maximum atomic E-state index is 12.7. The first kappa shape index (κ1) is 16.3. The Morgan fingerprint density at radius 3 is 2.59 bits per heavy atom. The molecule has 2 unspecified atom stereocenters. The highest BCUT2D eigenvalue weighted by molar-refractivity contribution is 5.94. The third kappa shape index (κ3) is 2.76. The molecule has 0 radical (unpaired) electrons. The summed E-state index contributed by atoms with van der Waals surface area (Å²) in [7, 11) is 2.13. The fourth-order valence-corrected chi connectivity index (χ4v) is 4.83. The lowest BCUT2D eigenvalue weighted by Gasteiger charge is -2.28. The molecule has 1 saturated heterocycles. The van der Waals surface area contributed by atoms with E-state index >= 15 is 0 Å². The Hall–Kier alpha value is -2.89. The average Bonchev–Trinajstić information content (AvgIpc) is 3.41. The molecule has 3 atom stereocenters. The van der Waals surface area contributed by atoms with E-state index in [1.54, 1.807) is 6.33 Å². The van der Waals surface area contributed by atoms with Crippen molar-refractivity contribution in [2.75, 3.05) is 25.0 Å². The molecule has 2 aliphatic rings. The summed E-state index contributed by atoms with van der Waals surface area (Å²) in [5.74, 6) is 2.31. The number of carbonyl (C=O) groups excluding carboxylic acids is 1. The number of aromatic nitrogens is 3. The molecule has 1 aromatic carbocycles. The predicted octanol–water partition coefficient (Wildman–Crippen LogP) is 2.94. The predicted molar refractivity (Wildman–Crippen MR) is 105 cm³/mol. The number of anilines is 1. The Morgan fingerprint density at radius 1 is 1.11 bits per heavy atom. The van der Waals surface area contributed by atoms with E-state index < -0.39 is 0 Å². The number of rotatable bonds is 3. The van der Waals surface area contributed by atoms with Crippen LogP contribution in [0.3, 0.4) is 0 Å². The molecule has 1 aliphatic heterocycles. The Bertz CT molecular complexity index is 955. The number of nitrogens with one attached hydrogen (secondary N) is 1. The summed E-state index contributed by atoms with van der Waals surface area (Å²) in [5.41, 5.74) is 1.67. The van der Waals surface area contributed by atoms with Crippen molar-refractivity contribution >= 4 is 22.8 Å². The van der Waals surface area contributed by atoms with Crippen LogP contribution in [0.5, 0.6) is 0 Å². The van der Waals surface area contributed by atoms with Crippen LogP contribution < -0.4 is 4.90 Å². The summed E-state index contributed by atoms with van der Waals surface area (Å²) in [6, 6.07) is 12.1. The first-order valence-corrected chi connectivity index (χ1v) is 9.56. The van der Waals surface area contributed by atoms with Gasteiger partial charge in [0.25, 0.3) is 5.91 Å². The minimum Gasteiger partial charge on any atom is -0.356 e. The average molecular weight is 361 g/mol. The van der Waals surface area contributed by atoms with Crippen molar-refractivity contribution in [3.63, 3.8) is 0 Å². The van der Waals surface area contributed by atoms with Gasteiger partial charge >= 0.3 is 0 Å². The highest BCUT2D eigenvalue weighted by atomic mass is 16.2. The van der Waals surface area contributed by atoms with Crippen LogP contribution in [0.2, 0.25) is 0 Å². The van der Waals surface area contributed by atoms with Gasteiger partial charge in [-0.2, -0.15) is 0 Å². The molecule has 1 aliphatic carbocycles. The van der Waals surface area contributed by atoms with Crippen LogP contribution in [0.25, 0.3) is 11.0 Å². The van der Waals surface area contributed by atoms with Crippen molar-refractivity contribution in [2.45, 2.75) is 18.9 Å². The van der Waals surface area contributed by atoms with Crippen molar-refractivity contribution in [2.24, 2.45) is 11.8 Å². The van der Waals surface area contributed by atoms with Crippen LogP contribution in [0, 0.1) is 11.8 Å². The highest BCUT2D eigenvalue weighted by Crippen LogP contribution is 2.41. The lowest BCUT2D eigenvalue weighted by molar-refractivity contribution is 0.0779. The summed E-state index contributed by atoms with van der Waals surface area (Å²) in [5, 5.41) is 1.07. The molecule has 0 spiro atoms. The van der Waals surface area contributed by atoms with Gasteiger partial charge in [0, 0.05) is 37.9 Å². The quantitative estimate of drug-likeness (QED) is 0.779. The van der Waals surface area contributed by atoms with Crippen LogP contribution in [-0.4, -0.2) is 51.9 Å². The second kappa shape index (κ2) is 6.37. The minimum atomic E-state index is 0.166. The van der Waals surface area contributed by atoms with Crippen molar-refractivity contribution in [1.29, 1.82) is 0 Å². The van der Waals surface area contributed by atoms with Gasteiger partial charge in [-0.3, -0.25) is 4.79 Å². The largest absolute Gasteiger partial charge is 0.356 e. The molecular weight excluding hydrogens is 338 g/mol. The van der Waals surface area contributed by atoms with Crippen LogP contribution in [-0.2, 0) is 0 Å². The molecule has 138 valence electrons. The summed E-state index contributed by atoms with van der Waals surface area (Å²) in [4.78, 5) is 29.0. The number of H-pyrrole nitrogens is 1. The number of aromatic amines is 1. The van der Waals surface area contributed by atoms with Gasteiger partial charge in [-0.05, 0) is 42.9 Å². The van der Waals surface area contributed by atoms with Gasteiger partial charge in [-0.1, -0.05) is 18.2 Å². The molecule has 3 heterocycles. The third-order valence-electron chi connectivity index (χ3n) is 6.25. The lowest BCUT2D eigenvalue weighted by Crippen LogP contribution is -2.34. The van der Waals surface area contributed by atoms with Crippen LogP contribution >= 0.6 is 0 Å². The van der Waals surface area contributed by atoms with Gasteiger partial charge in [0.1, 0.15) is 17.8 Å². The third-order valence-corrected chi connectivity index (χ3v) is 6.25. The molecule has 6 nitrogen and oxygen atoms in total. The second-order valence-corrected chi connectivity index (χ2v) is 7.77. The van der Waals surface area contributed by atoms with E-state index in [9.17, 15) is 4.79 Å². The van der Waals surface area contributed by atoms with Crippen molar-refractivity contribution < 1.29 is 4.79 Å². The number of hydrogen-bond acceptors (Lipinski definition) is 4. The van der Waals surface area contributed by atoms with Crippen molar-refractivity contribution in [3.05, 3.63) is 54.5 Å². The first-order chi connectivity index (χ1) is 13.2. The van der Waals surface area contributed by atoms with E-state index in [0.29, 0.717) is 17.9 Å². The second-order valence-electron chi connectivity index (χ2n) is 7.77. The van der Waals surface area contributed by atoms with Gasteiger partial charge in [0.2, 0.25) is 0 Å². The molecule has 27 heavy (non-hydrogen) atoms. The Kier molecular flexibility index (Phi) is 3.85. The highest BCUT2D eigenvalue weighted by Gasteiger charge is 2.43. The Labute approximate surface area is 158 Å². The molecule has 6 heteroatoms. The molecule has 2 fully saturated rings. The van der Waals surface area contributed by atoms with Gasteiger partial charge in [-0.15, -0.1) is 0 Å². The number of hydrogen-bond donors (Lipinski definition) is 1. The van der Waals surface area contributed by atoms with Gasteiger partial charge in [0.15, 0.2) is 0 Å². The molecule has 0 bridgehead atoms. The fraction of sp³-hybridized carbons (Fsp3) is 0.381. The van der Waals surface area contributed by atoms with Crippen molar-refractivity contribution in [1.82, 2.24) is 19.9 Å². The maximum Gasteiger partial charge on any atom is 0.253 e. The Balaban J connectivity index is 1.28. The summed E-state index contributed by atoms with van der Waals surface area (Å²) >= 11 is 0. The molecule has 1 N–H and O–H groups in total. The zero-order chi connectivity index (χ0) is 18.4. The molecule has 1 saturated carbocycles. The van der Waals surface area contributed by atoms with Crippen LogP contribution in [0.1, 0.15) is 23.2 Å². The van der Waals surface area contributed by atoms with E-state index in [0.717, 1.165) is 48.3 Å². The van der Waals surface area contributed by atoms with Crippen molar-refractivity contribution in [3.8, 4) is 0 Å². The van der Waals surface area contributed by atoms with Crippen LogP contribution in [0.15, 0.2) is 48.9 Å². The monoisotopic (exact) mass is 361 g/mol. The number of carbonyl (C=O) groups is 1. The van der Waals surface area contributed by atoms with E-state index in [1.165, 1.54) is 0 Å². The summed E-state index contributed by atoms with van der Waals surface area (Å²) < 4.78 is 0. The fourth-order valence-electron chi connectivity index (χ4n) is 4.83. The molecule has 5 rings (SSSR count). The number of likely N-dealkylation sites (tertiary alicyclic amines) is 1. The summed E-state index contributed by atoms with van der Waals surface area (Å²) in [6.07, 6.45) is 5.75. The normalized spacial score (nSPS) is 24.3. The zero-order valence-electron chi connectivity index (χ0n) is 15.4. The van der Waals surface area contributed by atoms with E-state index in [1.807, 2.05) is 47.5 Å². The zero-order valence-corrected chi connectivity index (χ0v) is 15.4. The number of nitrogens with zero attached hydrogens (tertiary/aromatic N) is 4.